The summed E-state index contributed by atoms with van der Waals surface area (Å²) in [6.07, 6.45) is 0. The van der Waals surface area contributed by atoms with Gasteiger partial charge in [0.15, 0.2) is 5.16 Å². The van der Waals surface area contributed by atoms with Crippen molar-refractivity contribution in [3.63, 3.8) is 0 Å². The van der Waals surface area contributed by atoms with Crippen molar-refractivity contribution in [3.8, 4) is 0 Å². The van der Waals surface area contributed by atoms with Crippen LogP contribution in [0.1, 0.15) is 13.8 Å². The van der Waals surface area contributed by atoms with E-state index in [0.717, 1.165) is 0 Å². The molecule has 0 spiro atoms. The minimum Gasteiger partial charge on any atom is -0.481 e. The van der Waals surface area contributed by atoms with E-state index < -0.39 is 11.9 Å². The molecule has 84 valence electrons. The maximum Gasteiger partial charge on any atom is 0.343 e. The number of carboxylic acid groups (broad SMARTS) is 1. The Bertz CT molecular complexity index is 398. The quantitative estimate of drug-likeness (QED) is 0.716. The van der Waals surface area contributed by atoms with Crippen LogP contribution in [0.2, 0.25) is 0 Å². The summed E-state index contributed by atoms with van der Waals surface area (Å²) in [4.78, 5) is 21.7. The van der Waals surface area contributed by atoms with Gasteiger partial charge in [0, 0.05) is 12.3 Å². The van der Waals surface area contributed by atoms with E-state index in [0.29, 0.717) is 17.5 Å². The van der Waals surface area contributed by atoms with Crippen molar-refractivity contribution < 1.29 is 9.90 Å². The van der Waals surface area contributed by atoms with Crippen LogP contribution in [0.3, 0.4) is 0 Å². The highest BCUT2D eigenvalue weighted by atomic mass is 32.2. The fourth-order valence-electron chi connectivity index (χ4n) is 0.963. The topological polar surface area (TPSA) is 88.0 Å². The molecule has 7 heteroatoms. The fourth-order valence-corrected chi connectivity index (χ4v) is 1.98. The lowest BCUT2D eigenvalue weighted by atomic mass is 10.2. The molecule has 1 heterocycles. The second kappa shape index (κ2) is 5.01. The van der Waals surface area contributed by atoms with Gasteiger partial charge in [-0.15, -0.1) is 5.10 Å². The van der Waals surface area contributed by atoms with E-state index in [4.69, 9.17) is 5.11 Å². The van der Waals surface area contributed by atoms with Crippen LogP contribution in [-0.2, 0) is 11.3 Å². The molecule has 0 aliphatic heterocycles. The van der Waals surface area contributed by atoms with Gasteiger partial charge in [-0.2, -0.15) is 0 Å². The molecule has 1 rings (SSSR count). The Balaban J connectivity index is 2.65. The van der Waals surface area contributed by atoms with E-state index in [1.807, 2.05) is 6.92 Å². The maximum absolute atomic E-state index is 11.2. The highest BCUT2D eigenvalue weighted by molar-refractivity contribution is 7.99. The van der Waals surface area contributed by atoms with Crippen molar-refractivity contribution in [1.29, 1.82) is 0 Å². The molecule has 0 radical (unpaired) electrons. The predicted octanol–water partition coefficient (Wildman–Crippen LogP) is 0.404. The van der Waals surface area contributed by atoms with Crippen molar-refractivity contribution in [3.05, 3.63) is 10.5 Å². The molecule has 1 aromatic heterocycles. The van der Waals surface area contributed by atoms with Gasteiger partial charge in [0.05, 0.1) is 5.92 Å². The normalized spacial score (nSPS) is 12.7. The number of H-pyrrole nitrogens is 1. The molecule has 0 aromatic carbocycles. The summed E-state index contributed by atoms with van der Waals surface area (Å²) >= 11 is 1.27. The number of carbonyl (C=O) groups is 1. The lowest BCUT2D eigenvalue weighted by Gasteiger charge is -2.05. The first-order valence-electron chi connectivity index (χ1n) is 4.57. The Labute approximate surface area is 90.7 Å². The first-order valence-corrected chi connectivity index (χ1v) is 5.55. The number of carboxylic acids is 1. The molecule has 15 heavy (non-hydrogen) atoms. The molecule has 0 saturated carbocycles. The van der Waals surface area contributed by atoms with Crippen LogP contribution in [-0.4, -0.2) is 31.6 Å². The zero-order valence-electron chi connectivity index (χ0n) is 8.56. The van der Waals surface area contributed by atoms with E-state index in [2.05, 4.69) is 10.2 Å². The largest absolute Gasteiger partial charge is 0.481 e. The van der Waals surface area contributed by atoms with Gasteiger partial charge in [0.1, 0.15) is 0 Å². The first kappa shape index (κ1) is 11.8. The zero-order valence-corrected chi connectivity index (χ0v) is 9.37. The molecule has 2 N–H and O–H groups in total. The van der Waals surface area contributed by atoms with Gasteiger partial charge in [-0.05, 0) is 6.92 Å². The molecule has 0 saturated heterocycles. The van der Waals surface area contributed by atoms with Gasteiger partial charge in [-0.25, -0.2) is 9.89 Å². The van der Waals surface area contributed by atoms with Gasteiger partial charge in [0.2, 0.25) is 0 Å². The van der Waals surface area contributed by atoms with E-state index in [1.165, 1.54) is 16.3 Å². The number of rotatable bonds is 5. The molecule has 0 amide bonds. The highest BCUT2D eigenvalue weighted by Crippen LogP contribution is 2.16. The van der Waals surface area contributed by atoms with E-state index in [9.17, 15) is 9.59 Å². The summed E-state index contributed by atoms with van der Waals surface area (Å²) in [6, 6.07) is 0. The Morgan fingerprint density at radius 1 is 1.73 bits per heavy atom. The minimum atomic E-state index is -0.844. The molecule has 6 nitrogen and oxygen atoms in total. The number of hydrogen-bond donors (Lipinski definition) is 2. The molecule has 1 unspecified atom stereocenters. The molecule has 1 aromatic rings. The minimum absolute atomic E-state index is 0.261. The number of aliphatic carboxylic acids is 1. The monoisotopic (exact) mass is 231 g/mol. The number of thioether (sulfide) groups is 1. The molecule has 0 bridgehead atoms. The third-order valence-electron chi connectivity index (χ3n) is 1.92. The lowest BCUT2D eigenvalue weighted by molar-refractivity contribution is -0.140. The number of nitrogens with one attached hydrogen (secondary N) is 1. The van der Waals surface area contributed by atoms with Gasteiger partial charge in [-0.1, -0.05) is 18.7 Å². The van der Waals surface area contributed by atoms with Crippen molar-refractivity contribution in [2.45, 2.75) is 25.5 Å². The summed E-state index contributed by atoms with van der Waals surface area (Å²) in [7, 11) is 0. The molecular weight excluding hydrogens is 218 g/mol. The number of nitrogens with zero attached hydrogens (tertiary/aromatic N) is 2. The third-order valence-corrected chi connectivity index (χ3v) is 3.16. The van der Waals surface area contributed by atoms with Crippen LogP contribution in [0.25, 0.3) is 0 Å². The maximum atomic E-state index is 11.2. The van der Waals surface area contributed by atoms with Crippen molar-refractivity contribution in [2.24, 2.45) is 5.92 Å². The van der Waals surface area contributed by atoms with Crippen LogP contribution in [0, 0.1) is 5.92 Å². The predicted molar refractivity (Wildman–Crippen MR) is 56.0 cm³/mol. The standard InChI is InChI=1S/C8H13N3O3S/c1-3-11-7(14)9-10-8(11)15-4-5(2)6(12)13/h5H,3-4H2,1-2H3,(H,9,14)(H,12,13). The summed E-state index contributed by atoms with van der Waals surface area (Å²) in [5.74, 6) is -0.893. The second-order valence-electron chi connectivity index (χ2n) is 3.11. The zero-order chi connectivity index (χ0) is 11.4. The van der Waals surface area contributed by atoms with Gasteiger partial charge in [0.25, 0.3) is 0 Å². The lowest BCUT2D eigenvalue weighted by Crippen LogP contribution is -2.17. The second-order valence-corrected chi connectivity index (χ2v) is 4.09. The summed E-state index contributed by atoms with van der Waals surface area (Å²) in [5.41, 5.74) is -0.261. The molecule has 0 aliphatic carbocycles. The Morgan fingerprint density at radius 3 is 2.93 bits per heavy atom. The Hall–Kier alpha value is -1.24. The van der Waals surface area contributed by atoms with Crippen molar-refractivity contribution >= 4 is 17.7 Å². The number of hydrogen-bond acceptors (Lipinski definition) is 4. The summed E-state index contributed by atoms with van der Waals surface area (Å²) in [5, 5.41) is 15.4. The molecule has 0 aliphatic rings. The van der Waals surface area contributed by atoms with Gasteiger partial charge >= 0.3 is 11.7 Å². The fraction of sp³-hybridized carbons (Fsp3) is 0.625. The molecule has 1 atom stereocenters. The van der Waals surface area contributed by atoms with E-state index in [1.54, 1.807) is 6.92 Å². The van der Waals surface area contributed by atoms with Crippen molar-refractivity contribution in [2.75, 3.05) is 5.75 Å². The molecular formula is C8H13N3O3S. The average Bonchev–Trinajstić information content (AvgIpc) is 2.55. The van der Waals surface area contributed by atoms with Gasteiger partial charge < -0.3 is 5.11 Å². The molecule has 0 fully saturated rings. The van der Waals surface area contributed by atoms with Crippen LogP contribution >= 0.6 is 11.8 Å². The van der Waals surface area contributed by atoms with Crippen LogP contribution in [0.5, 0.6) is 0 Å². The highest BCUT2D eigenvalue weighted by Gasteiger charge is 2.14. The third kappa shape index (κ3) is 2.85. The van der Waals surface area contributed by atoms with Crippen molar-refractivity contribution in [1.82, 2.24) is 14.8 Å². The van der Waals surface area contributed by atoms with Crippen LogP contribution < -0.4 is 5.69 Å². The Kier molecular flexibility index (Phi) is 3.96. The number of aromatic nitrogens is 3. The average molecular weight is 231 g/mol. The Morgan fingerprint density at radius 2 is 2.40 bits per heavy atom. The van der Waals surface area contributed by atoms with E-state index >= 15 is 0 Å². The first-order chi connectivity index (χ1) is 7.06. The SMILES string of the molecule is CCn1c(SCC(C)C(=O)O)n[nH]c1=O. The summed E-state index contributed by atoms with van der Waals surface area (Å²) < 4.78 is 1.47. The smallest absolute Gasteiger partial charge is 0.343 e. The summed E-state index contributed by atoms with van der Waals surface area (Å²) in [6.45, 7) is 3.98. The number of aromatic amines is 1. The van der Waals surface area contributed by atoms with E-state index in [-0.39, 0.29) is 5.69 Å². The van der Waals surface area contributed by atoms with Gasteiger partial charge in [-0.3, -0.25) is 9.36 Å². The van der Waals surface area contributed by atoms with Crippen LogP contribution in [0.4, 0.5) is 0 Å². The van der Waals surface area contributed by atoms with Crippen LogP contribution in [0.15, 0.2) is 9.95 Å².